The highest BCUT2D eigenvalue weighted by Crippen LogP contribution is 2.58. The van der Waals surface area contributed by atoms with Gasteiger partial charge in [0.05, 0.1) is 5.92 Å². The first-order chi connectivity index (χ1) is 25.0. The highest BCUT2D eigenvalue weighted by molar-refractivity contribution is 5.76. The average molecular weight is 679 g/mol. The number of hydrogen-bond donors (Lipinski definition) is 2. The fraction of sp³-hybridized carbons (Fsp3) is 0.438. The predicted octanol–water partition coefficient (Wildman–Crippen LogP) is 9.87. The molecule has 8 atom stereocenters. The summed E-state index contributed by atoms with van der Waals surface area (Å²) in [7, 11) is 0. The lowest BCUT2D eigenvalue weighted by molar-refractivity contribution is -0.146. The van der Waals surface area contributed by atoms with Crippen molar-refractivity contribution in [3.63, 3.8) is 0 Å². The van der Waals surface area contributed by atoms with E-state index in [0.29, 0.717) is 35.8 Å². The lowest BCUT2D eigenvalue weighted by Crippen LogP contribution is -2.53. The van der Waals surface area contributed by atoms with Crippen LogP contribution in [0.15, 0.2) is 97.1 Å². The molecule has 5 aliphatic rings. The fourth-order valence-corrected chi connectivity index (χ4v) is 10.8. The number of unbranched alkanes of at least 4 members (excludes halogenated alkanes) is 3. The average Bonchev–Trinajstić information content (AvgIpc) is 3.66. The molecule has 0 radical (unpaired) electrons. The molecule has 3 nitrogen and oxygen atoms in total. The van der Waals surface area contributed by atoms with E-state index in [0.717, 1.165) is 38.0 Å². The lowest BCUT2D eigenvalue weighted by Gasteiger charge is -2.54. The summed E-state index contributed by atoms with van der Waals surface area (Å²) in [6.07, 6.45) is 33.2. The predicted molar refractivity (Wildman–Crippen MR) is 209 cm³/mol. The number of hydrogen-bond acceptors (Lipinski definition) is 2. The van der Waals surface area contributed by atoms with Crippen LogP contribution in [0.25, 0.3) is 18.2 Å². The van der Waals surface area contributed by atoms with Gasteiger partial charge in [0.1, 0.15) is 5.75 Å². The topological polar surface area (TPSA) is 57.5 Å². The molecule has 3 aromatic rings. The lowest BCUT2D eigenvalue weighted by atomic mass is 9.49. The smallest absolute Gasteiger partial charge is 0.307 e. The van der Waals surface area contributed by atoms with Crippen molar-refractivity contribution in [2.45, 2.75) is 94.8 Å². The van der Waals surface area contributed by atoms with Crippen LogP contribution in [0.4, 0.5) is 0 Å². The van der Waals surface area contributed by atoms with Crippen LogP contribution in [0.3, 0.4) is 0 Å². The molecule has 0 aliphatic heterocycles. The third-order valence-electron chi connectivity index (χ3n) is 13.5. The van der Waals surface area contributed by atoms with Crippen LogP contribution >= 0.6 is 0 Å². The van der Waals surface area contributed by atoms with Gasteiger partial charge in [-0.05, 0) is 138 Å². The Morgan fingerprint density at radius 1 is 0.804 bits per heavy atom. The number of phenolic OH excluding ortho intramolecular Hbond substituents is 1. The van der Waals surface area contributed by atoms with Gasteiger partial charge in [0.2, 0.25) is 0 Å². The molecule has 0 saturated heterocycles. The molecule has 0 aromatic heterocycles. The van der Waals surface area contributed by atoms with Gasteiger partial charge in [-0.25, -0.2) is 0 Å². The molecule has 3 aromatic carbocycles. The van der Waals surface area contributed by atoms with Crippen LogP contribution in [-0.2, 0) is 16.6 Å². The fourth-order valence-electron chi connectivity index (χ4n) is 10.8. The molecule has 2 bridgehead atoms. The molecule has 0 unspecified atom stereocenters. The van der Waals surface area contributed by atoms with E-state index >= 15 is 0 Å². The van der Waals surface area contributed by atoms with Gasteiger partial charge in [-0.15, -0.1) is 0 Å². The molecule has 5 aliphatic carbocycles. The Bertz CT molecular complexity index is 1930. The van der Waals surface area contributed by atoms with Gasteiger partial charge in [0.25, 0.3) is 0 Å². The minimum Gasteiger partial charge on any atom is -0.508 e. The highest BCUT2D eigenvalue weighted by atomic mass is 16.4. The second-order valence-corrected chi connectivity index (χ2v) is 16.4. The van der Waals surface area contributed by atoms with Crippen LogP contribution in [-0.4, -0.2) is 16.2 Å². The molecule has 264 valence electrons. The second-order valence-electron chi connectivity index (χ2n) is 16.4. The van der Waals surface area contributed by atoms with Gasteiger partial charge in [-0.1, -0.05) is 129 Å². The first-order valence-corrected chi connectivity index (χ1v) is 19.9. The Labute approximate surface area is 304 Å². The van der Waals surface area contributed by atoms with E-state index in [4.69, 9.17) is 0 Å². The summed E-state index contributed by atoms with van der Waals surface area (Å²) in [6.45, 7) is 0. The number of aliphatic carboxylic acids is 1. The van der Waals surface area contributed by atoms with Crippen molar-refractivity contribution in [2.75, 3.05) is 0 Å². The molecule has 1 saturated carbocycles. The van der Waals surface area contributed by atoms with Crippen molar-refractivity contribution in [3.8, 4) is 5.75 Å². The molecular weight excluding hydrogens is 625 g/mol. The number of rotatable bonds is 9. The van der Waals surface area contributed by atoms with Crippen LogP contribution < -0.4 is 10.4 Å². The van der Waals surface area contributed by atoms with Crippen molar-refractivity contribution < 1.29 is 15.0 Å². The molecule has 0 amide bonds. The standard InChI is InChI=1S/C48H54O3/c49-43-25-22-36(23-26-43)44-27-34-19-20-37-21-24-42-31-40-29-38-16-7-8-17-39(38)30-41(40)32-48(42,46(37)28-34)45(47(50)51)18-10-9-15-35(44)14-4-2-1-3-11-33-12-5-6-13-33/h5,7-10,12,16-17,19-26,28-30,33,35,40-42,44-45,49H,1-4,6,11,13-15,18,27,31-32H2,(H,50,51)/b10-9+/t33-,35-,40-,41+,42+,44-,45+,48-/m1/s1. The zero-order valence-corrected chi connectivity index (χ0v) is 30.0. The van der Waals surface area contributed by atoms with E-state index in [2.05, 4.69) is 103 Å². The molecule has 3 heteroatoms. The number of carbonyl (C=O) groups is 1. The number of fused-ring (bicyclic) bond motifs is 3. The minimum absolute atomic E-state index is 0.166. The minimum atomic E-state index is -0.668. The number of allylic oxidation sites excluding steroid dienone is 5. The summed E-state index contributed by atoms with van der Waals surface area (Å²) < 4.78 is 0. The molecule has 1 spiro atoms. The van der Waals surface area contributed by atoms with Gasteiger partial charge in [0, 0.05) is 5.41 Å². The first-order valence-electron chi connectivity index (χ1n) is 19.9. The Morgan fingerprint density at radius 2 is 1.57 bits per heavy atom. The summed E-state index contributed by atoms with van der Waals surface area (Å²) in [4.78, 5) is 13.5. The van der Waals surface area contributed by atoms with Gasteiger partial charge in [-0.3, -0.25) is 4.79 Å². The van der Waals surface area contributed by atoms with Crippen LogP contribution in [0.5, 0.6) is 5.75 Å². The monoisotopic (exact) mass is 678 g/mol. The molecule has 8 rings (SSSR count). The molecule has 51 heavy (non-hydrogen) atoms. The maximum atomic E-state index is 13.5. The van der Waals surface area contributed by atoms with E-state index in [1.54, 1.807) is 0 Å². The third-order valence-corrected chi connectivity index (χ3v) is 13.5. The van der Waals surface area contributed by atoms with E-state index < -0.39 is 17.3 Å². The van der Waals surface area contributed by atoms with Gasteiger partial charge in [0.15, 0.2) is 0 Å². The normalized spacial score (nSPS) is 31.1. The van der Waals surface area contributed by atoms with Crippen molar-refractivity contribution >= 4 is 24.2 Å². The number of benzene rings is 3. The molecular formula is C48H54O3. The quantitative estimate of drug-likeness (QED) is 0.175. The molecule has 0 heterocycles. The number of phenols is 1. The van der Waals surface area contributed by atoms with Crippen molar-refractivity contribution in [2.24, 2.45) is 35.5 Å². The molecule has 2 N–H and O–H groups in total. The van der Waals surface area contributed by atoms with Crippen LogP contribution in [0, 0.1) is 35.5 Å². The van der Waals surface area contributed by atoms with E-state index in [-0.39, 0.29) is 5.92 Å². The van der Waals surface area contributed by atoms with Gasteiger partial charge >= 0.3 is 5.97 Å². The second kappa shape index (κ2) is 14.9. The third kappa shape index (κ3) is 6.94. The number of carboxylic acid groups (broad SMARTS) is 1. The zero-order valence-electron chi connectivity index (χ0n) is 30.0. The summed E-state index contributed by atoms with van der Waals surface area (Å²) in [5.41, 5.74) is 4.55. The molecule has 1 fully saturated rings. The summed E-state index contributed by atoms with van der Waals surface area (Å²) in [6, 6.07) is 23.6. The van der Waals surface area contributed by atoms with Gasteiger partial charge in [-0.2, -0.15) is 0 Å². The number of aromatic hydroxyl groups is 1. The first kappa shape index (κ1) is 34.0. The van der Waals surface area contributed by atoms with E-state index in [1.807, 2.05) is 12.1 Å². The van der Waals surface area contributed by atoms with E-state index in [1.165, 1.54) is 77.6 Å². The highest BCUT2D eigenvalue weighted by Gasteiger charge is 2.55. The van der Waals surface area contributed by atoms with Crippen molar-refractivity contribution in [1.29, 1.82) is 0 Å². The Morgan fingerprint density at radius 3 is 2.33 bits per heavy atom. The van der Waals surface area contributed by atoms with Crippen molar-refractivity contribution in [1.82, 2.24) is 0 Å². The van der Waals surface area contributed by atoms with Gasteiger partial charge < -0.3 is 10.2 Å². The number of carboxylic acids is 1. The Hall–Kier alpha value is -4.11. The van der Waals surface area contributed by atoms with Crippen LogP contribution in [0.2, 0.25) is 0 Å². The zero-order chi connectivity index (χ0) is 34.8. The Balaban J connectivity index is 1.13. The van der Waals surface area contributed by atoms with E-state index in [9.17, 15) is 15.0 Å². The maximum Gasteiger partial charge on any atom is 0.307 e. The maximum absolute atomic E-state index is 13.5. The summed E-state index contributed by atoms with van der Waals surface area (Å²) in [5, 5.41) is 23.9. The summed E-state index contributed by atoms with van der Waals surface area (Å²) >= 11 is 0. The van der Waals surface area contributed by atoms with Crippen molar-refractivity contribution in [3.05, 3.63) is 130 Å². The van der Waals surface area contributed by atoms with Crippen LogP contribution in [0.1, 0.15) is 105 Å². The Kier molecular flexibility index (Phi) is 9.91. The largest absolute Gasteiger partial charge is 0.508 e. The summed E-state index contributed by atoms with van der Waals surface area (Å²) in [5.74, 6) is 1.57. The SMILES string of the molecule is O=C(O)[C@@H]1C/C=C/C[C@@H](CCCCCC[C@@H]2C=CCC2)[C@H](c2ccc(O)cc2)Cc2ccc3c(c2)[C@@]12C[C@@H]1C=c4ccccc4=C[C@@H]1C[C@@H]2C=C3.